The second-order valence-corrected chi connectivity index (χ2v) is 5.05. The van der Waals surface area contributed by atoms with E-state index >= 15 is 0 Å². The van der Waals surface area contributed by atoms with Crippen molar-refractivity contribution in [2.24, 2.45) is 0 Å². The lowest BCUT2D eigenvalue weighted by Crippen LogP contribution is -2.07. The van der Waals surface area contributed by atoms with Gasteiger partial charge in [-0.15, -0.1) is 0 Å². The molecule has 1 aromatic carbocycles. The topological polar surface area (TPSA) is 38.0 Å². The fourth-order valence-corrected chi connectivity index (χ4v) is 2.51. The molecule has 0 bridgehead atoms. The molecule has 0 saturated carbocycles. The van der Waals surface area contributed by atoms with Crippen LogP contribution in [-0.2, 0) is 26.0 Å². The first-order chi connectivity index (χ1) is 9.60. The van der Waals surface area contributed by atoms with E-state index in [-0.39, 0.29) is 11.6 Å². The predicted octanol–water partition coefficient (Wildman–Crippen LogP) is 3.34. The molecule has 0 atom stereocenters. The van der Waals surface area contributed by atoms with Gasteiger partial charge in [-0.3, -0.25) is 4.68 Å². The van der Waals surface area contributed by atoms with Crippen LogP contribution in [0.3, 0.4) is 0 Å². The summed E-state index contributed by atoms with van der Waals surface area (Å²) in [5.41, 5.74) is 3.60. The van der Waals surface area contributed by atoms with Crippen molar-refractivity contribution in [2.45, 2.75) is 39.8 Å². The molecule has 3 nitrogen and oxygen atoms in total. The summed E-state index contributed by atoms with van der Waals surface area (Å²) in [4.78, 5) is 0. The molecule has 1 heterocycles. The molecule has 0 aliphatic rings. The van der Waals surface area contributed by atoms with Gasteiger partial charge in [0.05, 0.1) is 23.9 Å². The Morgan fingerprint density at radius 2 is 2.05 bits per heavy atom. The van der Waals surface area contributed by atoms with Crippen molar-refractivity contribution in [1.82, 2.24) is 9.78 Å². The highest BCUT2D eigenvalue weighted by Crippen LogP contribution is 2.20. The van der Waals surface area contributed by atoms with Crippen molar-refractivity contribution in [3.8, 4) is 0 Å². The molecule has 108 valence electrons. The third-order valence-electron chi connectivity index (χ3n) is 3.39. The van der Waals surface area contributed by atoms with Crippen LogP contribution >= 0.6 is 11.6 Å². The number of rotatable bonds is 5. The van der Waals surface area contributed by atoms with Crippen LogP contribution in [0, 0.1) is 5.82 Å². The van der Waals surface area contributed by atoms with Crippen molar-refractivity contribution < 1.29 is 9.50 Å². The fourth-order valence-electron chi connectivity index (χ4n) is 2.39. The number of hydrogen-bond donors (Lipinski definition) is 1. The molecule has 0 aliphatic heterocycles. The largest absolute Gasteiger partial charge is 0.392 e. The van der Waals surface area contributed by atoms with Gasteiger partial charge in [0.1, 0.15) is 5.82 Å². The zero-order valence-corrected chi connectivity index (χ0v) is 12.4. The lowest BCUT2D eigenvalue weighted by Gasteiger charge is -2.08. The minimum Gasteiger partial charge on any atom is -0.392 e. The Labute approximate surface area is 123 Å². The van der Waals surface area contributed by atoms with Crippen LogP contribution in [0.15, 0.2) is 18.2 Å². The summed E-state index contributed by atoms with van der Waals surface area (Å²) in [7, 11) is 0. The molecule has 0 spiro atoms. The molecule has 0 unspecified atom stereocenters. The van der Waals surface area contributed by atoms with Gasteiger partial charge in [0, 0.05) is 11.3 Å². The van der Waals surface area contributed by atoms with E-state index in [1.165, 1.54) is 6.07 Å². The average molecular weight is 297 g/mol. The lowest BCUT2D eigenvalue weighted by atomic mass is 10.1. The normalized spacial score (nSPS) is 11.1. The van der Waals surface area contributed by atoms with Crippen molar-refractivity contribution in [3.05, 3.63) is 51.6 Å². The van der Waals surface area contributed by atoms with Crippen molar-refractivity contribution >= 4 is 11.6 Å². The molecule has 20 heavy (non-hydrogen) atoms. The summed E-state index contributed by atoms with van der Waals surface area (Å²) in [5.74, 6) is -0.424. The zero-order chi connectivity index (χ0) is 14.7. The number of aliphatic hydroxyl groups excluding tert-OH is 1. The zero-order valence-electron chi connectivity index (χ0n) is 11.7. The number of aromatic nitrogens is 2. The predicted molar refractivity (Wildman–Crippen MR) is 77.4 cm³/mol. The minimum atomic E-state index is -0.424. The van der Waals surface area contributed by atoms with Crippen LogP contribution < -0.4 is 0 Å². The number of aliphatic hydroxyl groups is 1. The maximum Gasteiger partial charge on any atom is 0.142 e. The first kappa shape index (κ1) is 15.0. The van der Waals surface area contributed by atoms with E-state index in [1.54, 1.807) is 12.1 Å². The second kappa shape index (κ2) is 6.37. The van der Waals surface area contributed by atoms with Gasteiger partial charge in [-0.2, -0.15) is 5.10 Å². The summed E-state index contributed by atoms with van der Waals surface area (Å²) in [5, 5.41) is 14.1. The average Bonchev–Trinajstić information content (AvgIpc) is 2.79. The van der Waals surface area contributed by atoms with Crippen LogP contribution in [0.2, 0.25) is 5.02 Å². The van der Waals surface area contributed by atoms with Crippen molar-refractivity contribution in [1.29, 1.82) is 0 Å². The Morgan fingerprint density at radius 3 is 2.60 bits per heavy atom. The Bertz CT molecular complexity index is 610. The van der Waals surface area contributed by atoms with Crippen LogP contribution in [0.1, 0.15) is 36.4 Å². The van der Waals surface area contributed by atoms with E-state index in [2.05, 4.69) is 5.10 Å². The highest BCUT2D eigenvalue weighted by molar-refractivity contribution is 6.30. The number of halogens is 2. The molecule has 2 aromatic rings. The summed E-state index contributed by atoms with van der Waals surface area (Å²) in [6, 6.07) is 4.76. The van der Waals surface area contributed by atoms with Gasteiger partial charge in [0.2, 0.25) is 0 Å². The highest BCUT2D eigenvalue weighted by Gasteiger charge is 2.15. The van der Waals surface area contributed by atoms with E-state index in [4.69, 9.17) is 11.6 Å². The molecule has 0 radical (unpaired) electrons. The maximum atomic E-state index is 13.5. The maximum absolute atomic E-state index is 13.5. The molecule has 5 heteroatoms. The van der Waals surface area contributed by atoms with Gasteiger partial charge in [0.15, 0.2) is 0 Å². The number of aryl methyl sites for hydroxylation is 1. The van der Waals surface area contributed by atoms with E-state index < -0.39 is 5.82 Å². The highest BCUT2D eigenvalue weighted by atomic mass is 35.5. The number of hydrogen-bond acceptors (Lipinski definition) is 2. The van der Waals surface area contributed by atoms with E-state index in [1.807, 2.05) is 18.5 Å². The Morgan fingerprint density at radius 1 is 1.30 bits per heavy atom. The third-order valence-corrected chi connectivity index (χ3v) is 3.70. The minimum absolute atomic E-state index is 0.0126. The SMILES string of the molecule is CCc1nn(Cc2ccc(Cl)c(F)c2)c(CC)c1CO. The standard InChI is InChI=1S/C15H18ClFN2O/c1-3-14-11(9-20)15(4-2)19(18-14)8-10-5-6-12(16)13(17)7-10/h5-7,20H,3-4,8-9H2,1-2H3. The summed E-state index contributed by atoms with van der Waals surface area (Å²) in [6.07, 6.45) is 1.55. The summed E-state index contributed by atoms with van der Waals surface area (Å²) in [6.45, 7) is 4.49. The van der Waals surface area contributed by atoms with E-state index in [0.717, 1.165) is 35.4 Å². The quantitative estimate of drug-likeness (QED) is 0.919. The molecule has 0 fully saturated rings. The molecule has 0 amide bonds. The molecular weight excluding hydrogens is 279 g/mol. The first-order valence-electron chi connectivity index (χ1n) is 6.72. The van der Waals surface area contributed by atoms with E-state index in [9.17, 15) is 9.50 Å². The Balaban J connectivity index is 2.37. The molecule has 1 N–H and O–H groups in total. The monoisotopic (exact) mass is 296 g/mol. The van der Waals surface area contributed by atoms with Crippen LogP contribution in [0.5, 0.6) is 0 Å². The first-order valence-corrected chi connectivity index (χ1v) is 7.10. The Hall–Kier alpha value is -1.39. The molecule has 1 aromatic heterocycles. The van der Waals surface area contributed by atoms with Crippen LogP contribution in [-0.4, -0.2) is 14.9 Å². The van der Waals surface area contributed by atoms with Gasteiger partial charge in [-0.25, -0.2) is 4.39 Å². The van der Waals surface area contributed by atoms with Gasteiger partial charge in [-0.05, 0) is 30.5 Å². The van der Waals surface area contributed by atoms with Gasteiger partial charge in [0.25, 0.3) is 0 Å². The van der Waals surface area contributed by atoms with Crippen LogP contribution in [0.25, 0.3) is 0 Å². The smallest absolute Gasteiger partial charge is 0.142 e. The summed E-state index contributed by atoms with van der Waals surface area (Å²) >= 11 is 5.69. The summed E-state index contributed by atoms with van der Waals surface area (Å²) < 4.78 is 15.3. The second-order valence-electron chi connectivity index (χ2n) is 4.64. The molecule has 0 saturated heterocycles. The van der Waals surface area contributed by atoms with Crippen molar-refractivity contribution in [2.75, 3.05) is 0 Å². The van der Waals surface area contributed by atoms with E-state index in [0.29, 0.717) is 6.54 Å². The van der Waals surface area contributed by atoms with Gasteiger partial charge in [-0.1, -0.05) is 31.5 Å². The Kier molecular flexibility index (Phi) is 4.78. The number of benzene rings is 1. The molecular formula is C15H18ClFN2O. The molecule has 0 aliphatic carbocycles. The third kappa shape index (κ3) is 2.86. The molecule has 2 rings (SSSR count). The lowest BCUT2D eigenvalue weighted by molar-refractivity contribution is 0.279. The van der Waals surface area contributed by atoms with Gasteiger partial charge >= 0.3 is 0 Å². The van der Waals surface area contributed by atoms with Gasteiger partial charge < -0.3 is 5.11 Å². The van der Waals surface area contributed by atoms with Crippen molar-refractivity contribution in [3.63, 3.8) is 0 Å². The number of nitrogens with zero attached hydrogens (tertiary/aromatic N) is 2. The fraction of sp³-hybridized carbons (Fsp3) is 0.400. The van der Waals surface area contributed by atoms with Crippen LogP contribution in [0.4, 0.5) is 4.39 Å².